The summed E-state index contributed by atoms with van der Waals surface area (Å²) in [6.07, 6.45) is 2.73. The van der Waals surface area contributed by atoms with Crippen molar-refractivity contribution in [3.8, 4) is 0 Å². The first-order valence-corrected chi connectivity index (χ1v) is 7.55. The lowest BCUT2D eigenvalue weighted by atomic mass is 10.6. The summed E-state index contributed by atoms with van der Waals surface area (Å²) >= 11 is 1.24. The summed E-state index contributed by atoms with van der Waals surface area (Å²) < 4.78 is 27.9. The van der Waals surface area contributed by atoms with Crippen molar-refractivity contribution in [3.63, 3.8) is 0 Å². The normalized spacial score (nSPS) is 11.7. The minimum atomic E-state index is -3.62. The first-order chi connectivity index (χ1) is 8.51. The van der Waals surface area contributed by atoms with Crippen molar-refractivity contribution < 1.29 is 8.42 Å². The molecule has 0 saturated heterocycles. The SMILES string of the molecule is Cc1csc(NS(=O)(=O)c2cnn(CCN)c2)n1. The Labute approximate surface area is 109 Å². The summed E-state index contributed by atoms with van der Waals surface area (Å²) in [4.78, 5) is 4.15. The number of rotatable bonds is 5. The molecule has 0 fully saturated rings. The monoisotopic (exact) mass is 287 g/mol. The van der Waals surface area contributed by atoms with E-state index < -0.39 is 10.0 Å². The molecule has 0 radical (unpaired) electrons. The summed E-state index contributed by atoms with van der Waals surface area (Å²) in [7, 11) is -3.62. The van der Waals surface area contributed by atoms with Crippen LogP contribution in [-0.2, 0) is 16.6 Å². The molecule has 0 aliphatic carbocycles. The molecule has 3 N–H and O–H groups in total. The van der Waals surface area contributed by atoms with Crippen LogP contribution in [0, 0.1) is 6.92 Å². The number of hydrogen-bond donors (Lipinski definition) is 2. The Morgan fingerprint density at radius 3 is 2.94 bits per heavy atom. The van der Waals surface area contributed by atoms with Crippen LogP contribution < -0.4 is 10.5 Å². The van der Waals surface area contributed by atoms with Gasteiger partial charge < -0.3 is 5.73 Å². The standard InChI is InChI=1S/C9H13N5O2S2/c1-7-6-17-9(12-7)13-18(15,16)8-4-11-14(5-8)3-2-10/h4-6H,2-3,10H2,1H3,(H,12,13). The highest BCUT2D eigenvalue weighted by Crippen LogP contribution is 2.19. The molecule has 0 aliphatic heterocycles. The van der Waals surface area contributed by atoms with Gasteiger partial charge in [0.25, 0.3) is 10.0 Å². The number of thiazole rings is 1. The highest BCUT2D eigenvalue weighted by molar-refractivity contribution is 7.93. The third-order valence-electron chi connectivity index (χ3n) is 2.12. The highest BCUT2D eigenvalue weighted by atomic mass is 32.2. The van der Waals surface area contributed by atoms with Crippen molar-refractivity contribution in [1.82, 2.24) is 14.8 Å². The zero-order valence-corrected chi connectivity index (χ0v) is 11.3. The first-order valence-electron chi connectivity index (χ1n) is 5.19. The third kappa shape index (κ3) is 2.86. The van der Waals surface area contributed by atoms with Crippen LogP contribution in [0.5, 0.6) is 0 Å². The summed E-state index contributed by atoms with van der Waals surface area (Å²) in [5.41, 5.74) is 6.15. The fourth-order valence-electron chi connectivity index (χ4n) is 1.31. The van der Waals surface area contributed by atoms with E-state index >= 15 is 0 Å². The second-order valence-corrected chi connectivity index (χ2v) is 6.17. The zero-order chi connectivity index (χ0) is 13.2. The molecule has 2 aromatic heterocycles. The lowest BCUT2D eigenvalue weighted by molar-refractivity contribution is 0.599. The Morgan fingerprint density at radius 1 is 1.56 bits per heavy atom. The molecule has 0 unspecified atom stereocenters. The fourth-order valence-corrected chi connectivity index (χ4v) is 3.21. The Bertz CT molecular complexity index is 631. The molecule has 18 heavy (non-hydrogen) atoms. The number of nitrogens with one attached hydrogen (secondary N) is 1. The maximum atomic E-state index is 12.0. The summed E-state index contributed by atoms with van der Waals surface area (Å²) in [6.45, 7) is 2.68. The van der Waals surface area contributed by atoms with Crippen LogP contribution >= 0.6 is 11.3 Å². The van der Waals surface area contributed by atoms with Crippen molar-refractivity contribution in [1.29, 1.82) is 0 Å². The Balaban J connectivity index is 2.19. The van der Waals surface area contributed by atoms with Gasteiger partial charge in [0.1, 0.15) is 4.90 Å². The van der Waals surface area contributed by atoms with E-state index in [0.29, 0.717) is 18.2 Å². The Hall–Kier alpha value is -1.45. The number of aromatic nitrogens is 3. The molecule has 98 valence electrons. The van der Waals surface area contributed by atoms with Crippen LogP contribution in [0.2, 0.25) is 0 Å². The minimum Gasteiger partial charge on any atom is -0.329 e. The number of nitrogens with zero attached hydrogens (tertiary/aromatic N) is 3. The molecule has 2 heterocycles. The van der Waals surface area contributed by atoms with Crippen LogP contribution in [0.25, 0.3) is 0 Å². The van der Waals surface area contributed by atoms with E-state index in [-0.39, 0.29) is 4.90 Å². The second kappa shape index (κ2) is 5.04. The maximum Gasteiger partial charge on any atom is 0.266 e. The summed E-state index contributed by atoms with van der Waals surface area (Å²) in [5, 5.41) is 6.04. The quantitative estimate of drug-likeness (QED) is 0.829. The molecule has 7 nitrogen and oxygen atoms in total. The van der Waals surface area contributed by atoms with E-state index in [0.717, 1.165) is 5.69 Å². The van der Waals surface area contributed by atoms with Crippen molar-refractivity contribution in [2.75, 3.05) is 11.3 Å². The molecule has 0 aromatic carbocycles. The van der Waals surface area contributed by atoms with Crippen LogP contribution in [0.15, 0.2) is 22.7 Å². The molecule has 2 aromatic rings. The first kappa shape index (κ1) is 13.0. The van der Waals surface area contributed by atoms with Gasteiger partial charge >= 0.3 is 0 Å². The minimum absolute atomic E-state index is 0.101. The lowest BCUT2D eigenvalue weighted by Gasteiger charge is -2.01. The Morgan fingerprint density at radius 2 is 2.33 bits per heavy atom. The molecule has 9 heteroatoms. The lowest BCUT2D eigenvalue weighted by Crippen LogP contribution is -2.13. The van der Waals surface area contributed by atoms with E-state index in [1.807, 2.05) is 0 Å². The molecular weight excluding hydrogens is 274 g/mol. The van der Waals surface area contributed by atoms with Crippen LogP contribution in [0.3, 0.4) is 0 Å². The predicted molar refractivity (Wildman–Crippen MR) is 68.9 cm³/mol. The van der Waals surface area contributed by atoms with Crippen molar-refractivity contribution in [2.24, 2.45) is 5.73 Å². The summed E-state index contributed by atoms with van der Waals surface area (Å²) in [5.74, 6) is 0. The topological polar surface area (TPSA) is 103 Å². The third-order valence-corrected chi connectivity index (χ3v) is 4.42. The van der Waals surface area contributed by atoms with Gasteiger partial charge in [-0.15, -0.1) is 11.3 Å². The average molecular weight is 287 g/mol. The molecule has 0 atom stereocenters. The number of nitrogens with two attached hydrogens (primary N) is 1. The van der Waals surface area contributed by atoms with Crippen molar-refractivity contribution in [3.05, 3.63) is 23.5 Å². The van der Waals surface area contributed by atoms with E-state index in [9.17, 15) is 8.42 Å². The van der Waals surface area contributed by atoms with Crippen molar-refractivity contribution >= 4 is 26.5 Å². The van der Waals surface area contributed by atoms with E-state index in [1.165, 1.54) is 28.4 Å². The number of sulfonamides is 1. The smallest absolute Gasteiger partial charge is 0.266 e. The second-order valence-electron chi connectivity index (χ2n) is 3.63. The maximum absolute atomic E-state index is 12.0. The van der Waals surface area contributed by atoms with Gasteiger partial charge in [-0.2, -0.15) is 5.10 Å². The summed E-state index contributed by atoms with van der Waals surface area (Å²) in [6, 6.07) is 0. The number of aryl methyl sites for hydroxylation is 1. The van der Waals surface area contributed by atoms with E-state index in [2.05, 4.69) is 14.8 Å². The molecule has 2 rings (SSSR count). The van der Waals surface area contributed by atoms with Gasteiger partial charge in [0, 0.05) is 18.1 Å². The van der Waals surface area contributed by atoms with Crippen LogP contribution in [-0.4, -0.2) is 29.7 Å². The van der Waals surface area contributed by atoms with Gasteiger partial charge in [0.15, 0.2) is 5.13 Å². The highest BCUT2D eigenvalue weighted by Gasteiger charge is 2.17. The van der Waals surface area contributed by atoms with Crippen LogP contribution in [0.1, 0.15) is 5.69 Å². The zero-order valence-electron chi connectivity index (χ0n) is 9.70. The molecule has 0 spiro atoms. The largest absolute Gasteiger partial charge is 0.329 e. The van der Waals surface area contributed by atoms with Gasteiger partial charge in [0.05, 0.1) is 18.4 Å². The molecule has 0 saturated carbocycles. The molecule has 0 aliphatic rings. The predicted octanol–water partition coefficient (Wildman–Crippen LogP) is 0.408. The Kier molecular flexibility index (Phi) is 3.64. The van der Waals surface area contributed by atoms with Gasteiger partial charge in [-0.1, -0.05) is 0 Å². The van der Waals surface area contributed by atoms with E-state index in [4.69, 9.17) is 5.73 Å². The molecule has 0 bridgehead atoms. The fraction of sp³-hybridized carbons (Fsp3) is 0.333. The van der Waals surface area contributed by atoms with Gasteiger partial charge in [0.2, 0.25) is 0 Å². The molecule has 0 amide bonds. The van der Waals surface area contributed by atoms with Gasteiger partial charge in [-0.3, -0.25) is 9.40 Å². The van der Waals surface area contributed by atoms with Gasteiger partial charge in [-0.25, -0.2) is 13.4 Å². The van der Waals surface area contributed by atoms with Crippen molar-refractivity contribution in [2.45, 2.75) is 18.4 Å². The van der Waals surface area contributed by atoms with Crippen LogP contribution in [0.4, 0.5) is 5.13 Å². The van der Waals surface area contributed by atoms with E-state index in [1.54, 1.807) is 12.3 Å². The van der Waals surface area contributed by atoms with Gasteiger partial charge in [-0.05, 0) is 6.92 Å². The average Bonchev–Trinajstić information content (AvgIpc) is 2.88. The molecular formula is C9H13N5O2S2. The number of hydrogen-bond acceptors (Lipinski definition) is 6. The number of anilines is 1.